The molecule has 0 bridgehead atoms. The number of carboxylic acids is 1. The summed E-state index contributed by atoms with van der Waals surface area (Å²) >= 11 is 1.62. The van der Waals surface area contributed by atoms with E-state index in [1.807, 2.05) is 47.2 Å². The minimum atomic E-state index is -0.929. The summed E-state index contributed by atoms with van der Waals surface area (Å²) in [5, 5.41) is 18.5. The molecule has 0 aliphatic carbocycles. The Morgan fingerprint density at radius 2 is 1.97 bits per heavy atom. The summed E-state index contributed by atoms with van der Waals surface area (Å²) in [6, 6.07) is 13.0. The fourth-order valence-corrected chi connectivity index (χ4v) is 4.03. The maximum absolute atomic E-state index is 11.2. The van der Waals surface area contributed by atoms with E-state index in [1.165, 1.54) is 0 Å². The van der Waals surface area contributed by atoms with Gasteiger partial charge in [-0.25, -0.2) is 14.8 Å². The molecule has 2 aromatic carbocycles. The first kappa shape index (κ1) is 19.8. The summed E-state index contributed by atoms with van der Waals surface area (Å²) in [5.41, 5.74) is 4.20. The highest BCUT2D eigenvalue weighted by Crippen LogP contribution is 2.29. The molecule has 0 radical (unpaired) electrons. The first-order valence-corrected chi connectivity index (χ1v) is 10.6. The third-order valence-electron chi connectivity index (χ3n) is 4.91. The number of nitrogens with one attached hydrogen (secondary N) is 1. The lowest BCUT2D eigenvalue weighted by molar-refractivity contribution is 0.0697. The molecule has 0 aliphatic heterocycles. The minimum Gasteiger partial charge on any atom is -0.478 e. The van der Waals surface area contributed by atoms with Crippen LogP contribution in [-0.2, 0) is 12.8 Å². The van der Waals surface area contributed by atoms with Crippen LogP contribution in [0.1, 0.15) is 28.5 Å². The maximum Gasteiger partial charge on any atom is 0.335 e. The van der Waals surface area contributed by atoms with Gasteiger partial charge in [-0.15, -0.1) is 6.58 Å². The molecular formula is C24H21N3O2S. The molecule has 2 N–H and O–H groups in total. The zero-order valence-electron chi connectivity index (χ0n) is 16.6. The van der Waals surface area contributed by atoms with Gasteiger partial charge in [-0.2, -0.15) is 11.3 Å². The highest BCUT2D eigenvalue weighted by atomic mass is 32.1. The van der Waals surface area contributed by atoms with Gasteiger partial charge in [0.1, 0.15) is 5.82 Å². The van der Waals surface area contributed by atoms with Crippen molar-refractivity contribution in [1.29, 1.82) is 0 Å². The quantitative estimate of drug-likeness (QED) is 0.357. The Bertz CT molecular complexity index is 1230. The van der Waals surface area contributed by atoms with Gasteiger partial charge in [0.25, 0.3) is 0 Å². The highest BCUT2D eigenvalue weighted by Gasteiger charge is 2.15. The van der Waals surface area contributed by atoms with Gasteiger partial charge in [-0.3, -0.25) is 0 Å². The van der Waals surface area contributed by atoms with E-state index in [4.69, 9.17) is 9.97 Å². The predicted octanol–water partition coefficient (Wildman–Crippen LogP) is 6.09. The number of anilines is 2. The van der Waals surface area contributed by atoms with Crippen LogP contribution in [-0.4, -0.2) is 21.0 Å². The SMILES string of the molecule is C=CCc1c(CC)nc(-c2ccsc2)nc1Nc1ccc2cc(C(=O)O)ccc2c1. The average Bonchev–Trinajstić information content (AvgIpc) is 3.29. The Morgan fingerprint density at radius 1 is 1.17 bits per heavy atom. The van der Waals surface area contributed by atoms with Gasteiger partial charge in [0.05, 0.1) is 5.56 Å². The van der Waals surface area contributed by atoms with Gasteiger partial charge < -0.3 is 10.4 Å². The molecule has 0 fully saturated rings. The van der Waals surface area contributed by atoms with Gasteiger partial charge in [-0.05, 0) is 59.3 Å². The number of rotatable bonds is 7. The number of nitrogens with zero attached hydrogens (tertiary/aromatic N) is 2. The van der Waals surface area contributed by atoms with Gasteiger partial charge >= 0.3 is 5.97 Å². The molecule has 150 valence electrons. The van der Waals surface area contributed by atoms with E-state index in [0.29, 0.717) is 12.2 Å². The van der Waals surface area contributed by atoms with E-state index in [0.717, 1.165) is 45.5 Å². The monoisotopic (exact) mass is 415 g/mol. The largest absolute Gasteiger partial charge is 0.478 e. The molecule has 0 amide bonds. The second-order valence-electron chi connectivity index (χ2n) is 6.89. The molecule has 4 rings (SSSR count). The summed E-state index contributed by atoms with van der Waals surface area (Å²) in [5.74, 6) is 0.543. The fraction of sp³-hybridized carbons (Fsp3) is 0.125. The molecule has 0 spiro atoms. The van der Waals surface area contributed by atoms with E-state index < -0.39 is 5.97 Å². The Labute approximate surface area is 178 Å². The van der Waals surface area contributed by atoms with Gasteiger partial charge in [0, 0.05) is 27.9 Å². The van der Waals surface area contributed by atoms with Crippen LogP contribution in [0.2, 0.25) is 0 Å². The molecule has 6 heteroatoms. The molecule has 0 saturated carbocycles. The molecule has 2 aromatic heterocycles. The summed E-state index contributed by atoms with van der Waals surface area (Å²) < 4.78 is 0. The van der Waals surface area contributed by atoms with Crippen molar-refractivity contribution < 1.29 is 9.90 Å². The van der Waals surface area contributed by atoms with Gasteiger partial charge in [0.15, 0.2) is 5.82 Å². The second kappa shape index (κ2) is 8.47. The third-order valence-corrected chi connectivity index (χ3v) is 5.59. The van der Waals surface area contributed by atoms with E-state index in [2.05, 4.69) is 18.8 Å². The van der Waals surface area contributed by atoms with Crippen LogP contribution in [0, 0.1) is 0 Å². The number of carbonyl (C=O) groups is 1. The summed E-state index contributed by atoms with van der Waals surface area (Å²) in [6.45, 7) is 5.98. The molecule has 30 heavy (non-hydrogen) atoms. The van der Waals surface area contributed by atoms with Crippen LogP contribution in [0.3, 0.4) is 0 Å². The van der Waals surface area contributed by atoms with E-state index in [9.17, 15) is 9.90 Å². The number of aromatic carboxylic acids is 1. The Balaban J connectivity index is 1.77. The molecule has 0 saturated heterocycles. The van der Waals surface area contributed by atoms with Crippen molar-refractivity contribution in [3.05, 3.63) is 82.7 Å². The van der Waals surface area contributed by atoms with E-state index in [1.54, 1.807) is 23.5 Å². The Kier molecular flexibility index (Phi) is 5.59. The summed E-state index contributed by atoms with van der Waals surface area (Å²) in [6.07, 6.45) is 3.33. The highest BCUT2D eigenvalue weighted by molar-refractivity contribution is 7.08. The van der Waals surface area contributed by atoms with Crippen LogP contribution in [0.4, 0.5) is 11.5 Å². The molecule has 5 nitrogen and oxygen atoms in total. The van der Waals surface area contributed by atoms with Gasteiger partial charge in [-0.1, -0.05) is 25.1 Å². The number of aryl methyl sites for hydroxylation is 1. The van der Waals surface area contributed by atoms with E-state index >= 15 is 0 Å². The van der Waals surface area contributed by atoms with Crippen molar-refractivity contribution in [1.82, 2.24) is 9.97 Å². The topological polar surface area (TPSA) is 75.1 Å². The Hall–Kier alpha value is -3.51. The number of thiophene rings is 1. The van der Waals surface area contributed by atoms with Crippen molar-refractivity contribution in [3.8, 4) is 11.4 Å². The van der Waals surface area contributed by atoms with Gasteiger partial charge in [0.2, 0.25) is 0 Å². The van der Waals surface area contributed by atoms with Crippen LogP contribution >= 0.6 is 11.3 Å². The number of allylic oxidation sites excluding steroid dienone is 1. The lowest BCUT2D eigenvalue weighted by Crippen LogP contribution is -2.07. The minimum absolute atomic E-state index is 0.278. The summed E-state index contributed by atoms with van der Waals surface area (Å²) in [7, 11) is 0. The zero-order chi connectivity index (χ0) is 21.1. The first-order chi connectivity index (χ1) is 14.6. The number of carboxylic acid groups (broad SMARTS) is 1. The number of benzene rings is 2. The molecule has 4 aromatic rings. The normalized spacial score (nSPS) is 10.8. The molecule has 0 unspecified atom stereocenters. The molecule has 0 aliphatic rings. The molecular weight excluding hydrogens is 394 g/mol. The average molecular weight is 416 g/mol. The van der Waals surface area contributed by atoms with Crippen LogP contribution in [0.15, 0.2) is 65.9 Å². The smallest absolute Gasteiger partial charge is 0.335 e. The fourth-order valence-electron chi connectivity index (χ4n) is 3.40. The number of hydrogen-bond donors (Lipinski definition) is 2. The maximum atomic E-state index is 11.2. The van der Waals surface area contributed by atoms with Crippen molar-refractivity contribution >= 4 is 39.6 Å². The van der Waals surface area contributed by atoms with Crippen molar-refractivity contribution in [2.75, 3.05) is 5.32 Å². The number of hydrogen-bond acceptors (Lipinski definition) is 5. The van der Waals surface area contributed by atoms with E-state index in [-0.39, 0.29) is 5.56 Å². The number of aromatic nitrogens is 2. The van der Waals surface area contributed by atoms with Crippen LogP contribution in [0.5, 0.6) is 0 Å². The molecule has 2 heterocycles. The zero-order valence-corrected chi connectivity index (χ0v) is 17.4. The van der Waals surface area contributed by atoms with Crippen molar-refractivity contribution in [2.45, 2.75) is 19.8 Å². The second-order valence-corrected chi connectivity index (χ2v) is 7.67. The van der Waals surface area contributed by atoms with Crippen LogP contribution < -0.4 is 5.32 Å². The standard InChI is InChI=1S/C24H21N3O2S/c1-3-5-20-21(4-2)26-22(18-10-11-30-14-18)27-23(20)25-19-9-8-15-12-17(24(28)29)7-6-16(15)13-19/h3,6-14H,1,4-5H2,2H3,(H,28,29)(H,25,26,27). The van der Waals surface area contributed by atoms with Crippen molar-refractivity contribution in [3.63, 3.8) is 0 Å². The first-order valence-electron chi connectivity index (χ1n) is 9.66. The van der Waals surface area contributed by atoms with Crippen molar-refractivity contribution in [2.24, 2.45) is 0 Å². The lowest BCUT2D eigenvalue weighted by Gasteiger charge is -2.15. The molecule has 0 atom stereocenters. The predicted molar refractivity (Wildman–Crippen MR) is 123 cm³/mol. The third kappa shape index (κ3) is 3.95. The Morgan fingerprint density at radius 3 is 2.67 bits per heavy atom. The number of fused-ring (bicyclic) bond motifs is 1. The lowest BCUT2D eigenvalue weighted by atomic mass is 10.1. The van der Waals surface area contributed by atoms with Crippen LogP contribution in [0.25, 0.3) is 22.2 Å². The summed E-state index contributed by atoms with van der Waals surface area (Å²) in [4.78, 5) is 20.8.